The van der Waals surface area contributed by atoms with E-state index in [1.54, 1.807) is 19.2 Å². The number of hydrogen-bond donors (Lipinski definition) is 2. The number of ether oxygens (including phenoxy) is 1. The number of anilines is 1. The summed E-state index contributed by atoms with van der Waals surface area (Å²) in [5.41, 5.74) is 1.47. The Balaban J connectivity index is 2.21. The van der Waals surface area contributed by atoms with Crippen molar-refractivity contribution in [3.05, 3.63) is 58.3 Å². The lowest BCUT2D eigenvalue weighted by Crippen LogP contribution is -2.15. The fraction of sp³-hybridized carbons (Fsp3) is 0.200. The maximum atomic E-state index is 13.6. The summed E-state index contributed by atoms with van der Waals surface area (Å²) < 4.78 is 19.1. The van der Waals surface area contributed by atoms with E-state index in [0.717, 1.165) is 5.69 Å². The fourth-order valence-corrected chi connectivity index (χ4v) is 2.12. The van der Waals surface area contributed by atoms with E-state index in [9.17, 15) is 9.50 Å². The molecule has 0 aliphatic carbocycles. The van der Waals surface area contributed by atoms with Crippen LogP contribution < -0.4 is 10.1 Å². The second-order valence-corrected chi connectivity index (χ2v) is 5.14. The predicted octanol–water partition coefficient (Wildman–Crippen LogP) is 3.74. The average molecular weight is 340 g/mol. The van der Waals surface area contributed by atoms with E-state index in [2.05, 4.69) is 21.2 Å². The molecule has 20 heavy (non-hydrogen) atoms. The third kappa shape index (κ3) is 3.49. The molecule has 0 saturated heterocycles. The van der Waals surface area contributed by atoms with Crippen LogP contribution in [-0.4, -0.2) is 18.8 Å². The van der Waals surface area contributed by atoms with E-state index < -0.39 is 0 Å². The summed E-state index contributed by atoms with van der Waals surface area (Å²) in [5, 5.41) is 12.7. The molecule has 2 aromatic carbocycles. The number of aliphatic hydroxyl groups is 1. The molecule has 2 N–H and O–H groups in total. The van der Waals surface area contributed by atoms with Crippen LogP contribution in [0.25, 0.3) is 0 Å². The Kier molecular flexibility index (Phi) is 4.98. The van der Waals surface area contributed by atoms with Gasteiger partial charge < -0.3 is 15.2 Å². The summed E-state index contributed by atoms with van der Waals surface area (Å²) in [4.78, 5) is 0. The molecule has 0 heterocycles. The highest BCUT2D eigenvalue weighted by Gasteiger charge is 2.12. The van der Waals surface area contributed by atoms with Crippen LogP contribution in [0.15, 0.2) is 46.9 Å². The normalized spacial score (nSPS) is 12.0. The zero-order valence-electron chi connectivity index (χ0n) is 10.9. The first-order chi connectivity index (χ1) is 9.63. The second kappa shape index (κ2) is 6.72. The highest BCUT2D eigenvalue weighted by atomic mass is 79.9. The van der Waals surface area contributed by atoms with Crippen LogP contribution in [0.2, 0.25) is 0 Å². The zero-order chi connectivity index (χ0) is 14.5. The highest BCUT2D eigenvalue weighted by molar-refractivity contribution is 9.10. The second-order valence-electron chi connectivity index (χ2n) is 4.28. The summed E-state index contributed by atoms with van der Waals surface area (Å²) in [6.45, 7) is -0.141. The molecule has 5 heteroatoms. The lowest BCUT2D eigenvalue weighted by Gasteiger charge is -2.18. The van der Waals surface area contributed by atoms with Crippen molar-refractivity contribution < 1.29 is 14.2 Å². The van der Waals surface area contributed by atoms with Gasteiger partial charge in [-0.25, -0.2) is 4.39 Å². The molecule has 106 valence electrons. The van der Waals surface area contributed by atoms with Crippen molar-refractivity contribution in [2.24, 2.45) is 0 Å². The van der Waals surface area contributed by atoms with Crippen LogP contribution in [0.4, 0.5) is 10.1 Å². The SMILES string of the molecule is COc1cccc(NC(CO)c2ccc(Br)c(F)c2)c1. The van der Waals surface area contributed by atoms with Gasteiger partial charge in [0.15, 0.2) is 0 Å². The van der Waals surface area contributed by atoms with Crippen molar-refractivity contribution in [3.8, 4) is 5.75 Å². The van der Waals surface area contributed by atoms with Crippen LogP contribution in [0.1, 0.15) is 11.6 Å². The van der Waals surface area contributed by atoms with Crippen molar-refractivity contribution in [2.75, 3.05) is 19.0 Å². The van der Waals surface area contributed by atoms with E-state index in [0.29, 0.717) is 15.8 Å². The van der Waals surface area contributed by atoms with Crippen molar-refractivity contribution in [1.82, 2.24) is 0 Å². The van der Waals surface area contributed by atoms with E-state index in [-0.39, 0.29) is 18.5 Å². The van der Waals surface area contributed by atoms with Crippen molar-refractivity contribution in [2.45, 2.75) is 6.04 Å². The number of rotatable bonds is 5. The molecule has 0 radical (unpaired) electrons. The quantitative estimate of drug-likeness (QED) is 0.871. The van der Waals surface area contributed by atoms with Gasteiger partial charge in [-0.3, -0.25) is 0 Å². The summed E-state index contributed by atoms with van der Waals surface area (Å²) in [5.74, 6) is 0.363. The molecule has 3 nitrogen and oxygen atoms in total. The Morgan fingerprint density at radius 1 is 1.30 bits per heavy atom. The van der Waals surface area contributed by atoms with Crippen LogP contribution in [0.5, 0.6) is 5.75 Å². The Morgan fingerprint density at radius 2 is 2.10 bits per heavy atom. The summed E-state index contributed by atoms with van der Waals surface area (Å²) in [7, 11) is 1.59. The largest absolute Gasteiger partial charge is 0.497 e. The van der Waals surface area contributed by atoms with Gasteiger partial charge in [-0.15, -0.1) is 0 Å². The minimum Gasteiger partial charge on any atom is -0.497 e. The number of methoxy groups -OCH3 is 1. The fourth-order valence-electron chi connectivity index (χ4n) is 1.88. The molecule has 0 bridgehead atoms. The molecule has 0 fully saturated rings. The Hall–Kier alpha value is -1.59. The van der Waals surface area contributed by atoms with Gasteiger partial charge >= 0.3 is 0 Å². The van der Waals surface area contributed by atoms with Gasteiger partial charge in [-0.2, -0.15) is 0 Å². The van der Waals surface area contributed by atoms with Crippen molar-refractivity contribution in [3.63, 3.8) is 0 Å². The molecule has 0 aliphatic heterocycles. The van der Waals surface area contributed by atoms with Gasteiger partial charge in [-0.1, -0.05) is 12.1 Å². The van der Waals surface area contributed by atoms with Crippen LogP contribution in [0.3, 0.4) is 0 Å². The van der Waals surface area contributed by atoms with Crippen LogP contribution in [0, 0.1) is 5.82 Å². The van der Waals surface area contributed by atoms with Gasteiger partial charge in [0.25, 0.3) is 0 Å². The van der Waals surface area contributed by atoms with E-state index in [1.807, 2.05) is 24.3 Å². The van der Waals surface area contributed by atoms with E-state index in [4.69, 9.17) is 4.74 Å². The molecule has 0 amide bonds. The minimum absolute atomic E-state index is 0.141. The highest BCUT2D eigenvalue weighted by Crippen LogP contribution is 2.25. The summed E-state index contributed by atoms with van der Waals surface area (Å²) >= 11 is 3.11. The number of hydrogen-bond acceptors (Lipinski definition) is 3. The molecule has 0 spiro atoms. The van der Waals surface area contributed by atoms with Crippen molar-refractivity contribution >= 4 is 21.6 Å². The smallest absolute Gasteiger partial charge is 0.137 e. The first-order valence-corrected chi connectivity index (χ1v) is 6.89. The number of aliphatic hydroxyl groups excluding tert-OH is 1. The Morgan fingerprint density at radius 3 is 2.75 bits per heavy atom. The number of halogens is 2. The van der Waals surface area contributed by atoms with Crippen LogP contribution >= 0.6 is 15.9 Å². The first-order valence-electron chi connectivity index (χ1n) is 6.10. The van der Waals surface area contributed by atoms with Gasteiger partial charge in [0, 0.05) is 11.8 Å². The van der Waals surface area contributed by atoms with Crippen molar-refractivity contribution in [1.29, 1.82) is 0 Å². The molecule has 0 aromatic heterocycles. The molecule has 2 aromatic rings. The predicted molar refractivity (Wildman–Crippen MR) is 80.5 cm³/mol. The maximum Gasteiger partial charge on any atom is 0.137 e. The maximum absolute atomic E-state index is 13.6. The topological polar surface area (TPSA) is 41.5 Å². The Bertz CT molecular complexity index is 592. The third-order valence-electron chi connectivity index (χ3n) is 2.94. The van der Waals surface area contributed by atoms with Gasteiger partial charge in [-0.05, 0) is 45.8 Å². The summed E-state index contributed by atoms with van der Waals surface area (Å²) in [6, 6.07) is 11.8. The van der Waals surface area contributed by atoms with E-state index >= 15 is 0 Å². The lowest BCUT2D eigenvalue weighted by molar-refractivity contribution is 0.276. The molecular formula is C15H15BrFNO2. The van der Waals surface area contributed by atoms with Gasteiger partial charge in [0.1, 0.15) is 11.6 Å². The first kappa shape index (κ1) is 14.8. The standard InChI is InChI=1S/C15H15BrFNO2/c1-20-12-4-2-3-11(8-12)18-15(9-19)10-5-6-13(16)14(17)7-10/h2-8,15,18-19H,9H2,1H3. The monoisotopic (exact) mass is 339 g/mol. The number of benzene rings is 2. The third-order valence-corrected chi connectivity index (χ3v) is 3.58. The lowest BCUT2D eigenvalue weighted by atomic mass is 10.1. The summed E-state index contributed by atoms with van der Waals surface area (Å²) in [6.07, 6.45) is 0. The molecule has 0 saturated carbocycles. The molecule has 1 unspecified atom stereocenters. The minimum atomic E-state index is -0.385. The molecule has 0 aliphatic rings. The Labute approximate surface area is 125 Å². The molecular weight excluding hydrogens is 325 g/mol. The average Bonchev–Trinajstić information content (AvgIpc) is 2.48. The van der Waals surface area contributed by atoms with Crippen LogP contribution in [-0.2, 0) is 0 Å². The van der Waals surface area contributed by atoms with Gasteiger partial charge in [0.2, 0.25) is 0 Å². The van der Waals surface area contributed by atoms with E-state index in [1.165, 1.54) is 6.07 Å². The number of nitrogens with one attached hydrogen (secondary N) is 1. The molecule has 1 atom stereocenters. The van der Waals surface area contributed by atoms with Gasteiger partial charge in [0.05, 0.1) is 24.2 Å². The zero-order valence-corrected chi connectivity index (χ0v) is 12.5. The molecule has 2 rings (SSSR count).